The molecule has 2 aromatic carbocycles. The number of nitrogens with one attached hydrogen (secondary N) is 1. The molecule has 3 aromatic rings. The van der Waals surface area contributed by atoms with Gasteiger partial charge in [0.1, 0.15) is 13.2 Å². The van der Waals surface area contributed by atoms with Gasteiger partial charge in [-0.25, -0.2) is 4.68 Å². The van der Waals surface area contributed by atoms with Gasteiger partial charge in [-0.05, 0) is 55.8 Å². The molecule has 7 heteroatoms. The smallest absolute Gasteiger partial charge is 0.251 e. The van der Waals surface area contributed by atoms with Gasteiger partial charge in [0.2, 0.25) is 0 Å². The third-order valence-electron chi connectivity index (χ3n) is 4.64. The minimum Gasteiger partial charge on any atom is -0.486 e. The standard InChI is InChI=1S/C21H20ClN3O3/c1-13-20(22)14(2)25(24-13)17-6-4-16(5-7-17)21(26)23-12-15-3-8-18-19(11-15)28-10-9-27-18/h3-8,11H,9-10,12H2,1-2H3,(H,23,26). The van der Waals surface area contributed by atoms with Crippen molar-refractivity contribution in [1.82, 2.24) is 15.1 Å². The van der Waals surface area contributed by atoms with Crippen molar-refractivity contribution in [2.75, 3.05) is 13.2 Å². The van der Waals surface area contributed by atoms with E-state index in [2.05, 4.69) is 10.4 Å². The van der Waals surface area contributed by atoms with Crippen LogP contribution in [-0.2, 0) is 6.54 Å². The Morgan fingerprint density at radius 3 is 2.50 bits per heavy atom. The van der Waals surface area contributed by atoms with E-state index in [1.54, 1.807) is 16.8 Å². The lowest BCUT2D eigenvalue weighted by Crippen LogP contribution is -2.23. The molecule has 0 aliphatic carbocycles. The zero-order valence-corrected chi connectivity index (χ0v) is 16.4. The van der Waals surface area contributed by atoms with Gasteiger partial charge in [-0.2, -0.15) is 5.10 Å². The minimum absolute atomic E-state index is 0.146. The number of amides is 1. The molecule has 6 nitrogen and oxygen atoms in total. The molecule has 0 atom stereocenters. The van der Waals surface area contributed by atoms with Gasteiger partial charge in [0, 0.05) is 12.1 Å². The Labute approximate surface area is 168 Å². The molecule has 0 radical (unpaired) electrons. The normalized spacial score (nSPS) is 12.7. The highest BCUT2D eigenvalue weighted by molar-refractivity contribution is 6.31. The number of hydrogen-bond donors (Lipinski definition) is 1. The molecular weight excluding hydrogens is 378 g/mol. The van der Waals surface area contributed by atoms with Gasteiger partial charge in [-0.1, -0.05) is 17.7 Å². The summed E-state index contributed by atoms with van der Waals surface area (Å²) in [5.41, 5.74) is 4.03. The number of aromatic nitrogens is 2. The first-order valence-electron chi connectivity index (χ1n) is 9.02. The zero-order valence-electron chi connectivity index (χ0n) is 15.7. The van der Waals surface area contributed by atoms with Crippen molar-refractivity contribution in [3.8, 4) is 17.2 Å². The van der Waals surface area contributed by atoms with Gasteiger partial charge in [-0.3, -0.25) is 4.79 Å². The summed E-state index contributed by atoms with van der Waals surface area (Å²) in [6.45, 7) is 5.28. The summed E-state index contributed by atoms with van der Waals surface area (Å²) >= 11 is 6.21. The lowest BCUT2D eigenvalue weighted by atomic mass is 10.1. The summed E-state index contributed by atoms with van der Waals surface area (Å²) in [7, 11) is 0. The fraction of sp³-hybridized carbons (Fsp3) is 0.238. The van der Waals surface area contributed by atoms with Gasteiger partial charge in [-0.15, -0.1) is 0 Å². The van der Waals surface area contributed by atoms with Gasteiger partial charge >= 0.3 is 0 Å². The highest BCUT2D eigenvalue weighted by Gasteiger charge is 2.14. The summed E-state index contributed by atoms with van der Waals surface area (Å²) in [4.78, 5) is 12.5. The molecule has 1 amide bonds. The Balaban J connectivity index is 1.43. The first-order chi connectivity index (χ1) is 13.5. The van der Waals surface area contributed by atoms with Crippen LogP contribution in [0.15, 0.2) is 42.5 Å². The largest absolute Gasteiger partial charge is 0.486 e. The molecule has 0 unspecified atom stereocenters. The van der Waals surface area contributed by atoms with Crippen molar-refractivity contribution in [3.63, 3.8) is 0 Å². The van der Waals surface area contributed by atoms with Crippen LogP contribution in [0.2, 0.25) is 5.02 Å². The topological polar surface area (TPSA) is 65.4 Å². The number of hydrogen-bond acceptors (Lipinski definition) is 4. The second-order valence-corrected chi connectivity index (χ2v) is 6.98. The van der Waals surface area contributed by atoms with E-state index >= 15 is 0 Å². The Hall–Kier alpha value is -2.99. The van der Waals surface area contributed by atoms with Crippen LogP contribution in [0.25, 0.3) is 5.69 Å². The monoisotopic (exact) mass is 397 g/mol. The predicted octanol–water partition coefficient (Wildman–Crippen LogP) is 3.84. The molecule has 0 fully saturated rings. The molecular formula is C21H20ClN3O3. The molecule has 28 heavy (non-hydrogen) atoms. The summed E-state index contributed by atoms with van der Waals surface area (Å²) in [5.74, 6) is 1.31. The van der Waals surface area contributed by atoms with E-state index in [9.17, 15) is 4.79 Å². The number of benzene rings is 2. The lowest BCUT2D eigenvalue weighted by molar-refractivity contribution is 0.0951. The Bertz CT molecular complexity index is 1030. The third-order valence-corrected chi connectivity index (χ3v) is 5.18. The van der Waals surface area contributed by atoms with Crippen LogP contribution in [0.5, 0.6) is 11.5 Å². The van der Waals surface area contributed by atoms with Crippen molar-refractivity contribution in [1.29, 1.82) is 0 Å². The minimum atomic E-state index is -0.146. The van der Waals surface area contributed by atoms with Gasteiger partial charge in [0.05, 0.1) is 22.1 Å². The number of fused-ring (bicyclic) bond motifs is 1. The van der Waals surface area contributed by atoms with E-state index in [4.69, 9.17) is 21.1 Å². The fourth-order valence-electron chi connectivity index (χ4n) is 3.11. The van der Waals surface area contributed by atoms with E-state index in [1.807, 2.05) is 44.2 Å². The van der Waals surface area contributed by atoms with Crippen molar-refractivity contribution in [2.45, 2.75) is 20.4 Å². The predicted molar refractivity (Wildman–Crippen MR) is 107 cm³/mol. The molecule has 2 heterocycles. The molecule has 1 N–H and O–H groups in total. The fourth-order valence-corrected chi connectivity index (χ4v) is 3.23. The van der Waals surface area contributed by atoms with E-state index in [0.717, 1.165) is 28.4 Å². The summed E-state index contributed by atoms with van der Waals surface area (Å²) in [6, 6.07) is 12.9. The summed E-state index contributed by atoms with van der Waals surface area (Å²) in [5, 5.41) is 8.01. The second kappa shape index (κ2) is 7.56. The van der Waals surface area contributed by atoms with Crippen molar-refractivity contribution < 1.29 is 14.3 Å². The molecule has 1 aliphatic rings. The number of carbonyl (C=O) groups excluding carboxylic acids is 1. The van der Waals surface area contributed by atoms with Crippen molar-refractivity contribution in [3.05, 3.63) is 70.0 Å². The van der Waals surface area contributed by atoms with Crippen LogP contribution in [0.1, 0.15) is 27.3 Å². The van der Waals surface area contributed by atoms with Crippen LogP contribution in [0.4, 0.5) is 0 Å². The Kier molecular flexibility index (Phi) is 4.96. The zero-order chi connectivity index (χ0) is 19.7. The maximum atomic E-state index is 12.5. The van der Waals surface area contributed by atoms with Crippen LogP contribution in [0, 0.1) is 13.8 Å². The molecule has 1 aromatic heterocycles. The third kappa shape index (κ3) is 3.55. The molecule has 4 rings (SSSR count). The lowest BCUT2D eigenvalue weighted by Gasteiger charge is -2.19. The van der Waals surface area contributed by atoms with Crippen LogP contribution in [-0.4, -0.2) is 28.9 Å². The van der Waals surface area contributed by atoms with E-state index in [0.29, 0.717) is 36.1 Å². The average Bonchev–Trinajstić information content (AvgIpc) is 2.99. The van der Waals surface area contributed by atoms with Crippen molar-refractivity contribution >= 4 is 17.5 Å². The first-order valence-corrected chi connectivity index (χ1v) is 9.39. The quantitative estimate of drug-likeness (QED) is 0.726. The Morgan fingerprint density at radius 1 is 1.11 bits per heavy atom. The van der Waals surface area contributed by atoms with Gasteiger partial charge in [0.25, 0.3) is 5.91 Å². The SMILES string of the molecule is Cc1nn(-c2ccc(C(=O)NCc3ccc4c(c3)OCCO4)cc2)c(C)c1Cl. The molecule has 0 spiro atoms. The molecule has 1 aliphatic heterocycles. The summed E-state index contributed by atoms with van der Waals surface area (Å²) < 4.78 is 12.9. The molecule has 0 bridgehead atoms. The Morgan fingerprint density at radius 2 is 1.82 bits per heavy atom. The number of nitrogens with zero attached hydrogens (tertiary/aromatic N) is 2. The number of halogens is 1. The second-order valence-electron chi connectivity index (χ2n) is 6.60. The van der Waals surface area contributed by atoms with Crippen LogP contribution in [0.3, 0.4) is 0 Å². The average molecular weight is 398 g/mol. The molecule has 0 saturated carbocycles. The van der Waals surface area contributed by atoms with Crippen LogP contribution < -0.4 is 14.8 Å². The first kappa shape index (κ1) is 18.4. The molecule has 0 saturated heterocycles. The van der Waals surface area contributed by atoms with Gasteiger partial charge < -0.3 is 14.8 Å². The highest BCUT2D eigenvalue weighted by Crippen LogP contribution is 2.30. The van der Waals surface area contributed by atoms with E-state index in [1.165, 1.54) is 0 Å². The highest BCUT2D eigenvalue weighted by atomic mass is 35.5. The van der Waals surface area contributed by atoms with E-state index < -0.39 is 0 Å². The maximum absolute atomic E-state index is 12.5. The number of carbonyl (C=O) groups is 1. The van der Waals surface area contributed by atoms with Crippen LogP contribution >= 0.6 is 11.6 Å². The number of rotatable bonds is 4. The van der Waals surface area contributed by atoms with Gasteiger partial charge in [0.15, 0.2) is 11.5 Å². The maximum Gasteiger partial charge on any atom is 0.251 e. The number of ether oxygens (including phenoxy) is 2. The number of aryl methyl sites for hydroxylation is 1. The van der Waals surface area contributed by atoms with E-state index in [-0.39, 0.29) is 5.91 Å². The van der Waals surface area contributed by atoms with Crippen molar-refractivity contribution in [2.24, 2.45) is 0 Å². The summed E-state index contributed by atoms with van der Waals surface area (Å²) in [6.07, 6.45) is 0. The molecule has 144 valence electrons.